The van der Waals surface area contributed by atoms with E-state index in [4.69, 9.17) is 11.5 Å². The monoisotopic (exact) mass is 274 g/mol. The number of hydrogen-bond donors (Lipinski definition) is 2. The molecular formula is C13H14N4OS. The van der Waals surface area contributed by atoms with Crippen LogP contribution in [-0.4, -0.2) is 15.9 Å². The molecule has 0 aliphatic rings. The van der Waals surface area contributed by atoms with E-state index in [1.165, 1.54) is 11.8 Å². The Kier molecular flexibility index (Phi) is 4.01. The van der Waals surface area contributed by atoms with Gasteiger partial charge in [0.25, 0.3) is 0 Å². The first-order valence-corrected chi connectivity index (χ1v) is 6.66. The third-order valence-corrected chi connectivity index (χ3v) is 3.38. The lowest BCUT2D eigenvalue weighted by Crippen LogP contribution is -2.10. The molecule has 0 fully saturated rings. The second-order valence-corrected chi connectivity index (χ2v) is 5.01. The molecule has 98 valence electrons. The van der Waals surface area contributed by atoms with E-state index in [1.807, 2.05) is 19.1 Å². The van der Waals surface area contributed by atoms with Crippen LogP contribution in [0.5, 0.6) is 0 Å². The fourth-order valence-corrected chi connectivity index (χ4v) is 2.41. The van der Waals surface area contributed by atoms with Crippen LogP contribution in [0.3, 0.4) is 0 Å². The predicted octanol–water partition coefficient (Wildman–Crippen LogP) is 1.76. The highest BCUT2D eigenvalue weighted by atomic mass is 32.2. The van der Waals surface area contributed by atoms with Gasteiger partial charge in [0, 0.05) is 23.1 Å². The van der Waals surface area contributed by atoms with E-state index in [9.17, 15) is 4.79 Å². The Bertz CT molecular complexity index is 578. The van der Waals surface area contributed by atoms with Crippen LogP contribution >= 0.6 is 11.8 Å². The van der Waals surface area contributed by atoms with Crippen molar-refractivity contribution in [2.75, 3.05) is 5.73 Å². The number of nitrogen functional groups attached to an aromatic ring is 1. The zero-order chi connectivity index (χ0) is 13.8. The van der Waals surface area contributed by atoms with Crippen LogP contribution in [0.2, 0.25) is 0 Å². The summed E-state index contributed by atoms with van der Waals surface area (Å²) < 4.78 is 0. The van der Waals surface area contributed by atoms with E-state index in [-0.39, 0.29) is 0 Å². The molecule has 1 amide bonds. The Morgan fingerprint density at radius 1 is 1.26 bits per heavy atom. The van der Waals surface area contributed by atoms with Crippen LogP contribution in [0.15, 0.2) is 35.5 Å². The van der Waals surface area contributed by atoms with Gasteiger partial charge in [-0.15, -0.1) is 0 Å². The highest BCUT2D eigenvalue weighted by Gasteiger charge is 2.03. The Morgan fingerprint density at radius 2 is 1.95 bits per heavy atom. The van der Waals surface area contributed by atoms with Crippen molar-refractivity contribution in [3.8, 4) is 0 Å². The van der Waals surface area contributed by atoms with Crippen LogP contribution < -0.4 is 11.5 Å². The van der Waals surface area contributed by atoms with Gasteiger partial charge in [0.1, 0.15) is 5.82 Å². The average molecular weight is 274 g/mol. The van der Waals surface area contributed by atoms with E-state index >= 15 is 0 Å². The Morgan fingerprint density at radius 3 is 2.53 bits per heavy atom. The van der Waals surface area contributed by atoms with Gasteiger partial charge in [-0.05, 0) is 24.6 Å². The quantitative estimate of drug-likeness (QED) is 0.654. The summed E-state index contributed by atoms with van der Waals surface area (Å²) in [6.45, 7) is 1.88. The fourth-order valence-electron chi connectivity index (χ4n) is 1.54. The van der Waals surface area contributed by atoms with E-state index in [0.717, 1.165) is 11.3 Å². The summed E-state index contributed by atoms with van der Waals surface area (Å²) in [6, 6.07) is 8.89. The lowest BCUT2D eigenvalue weighted by atomic mass is 10.1. The highest BCUT2D eigenvalue weighted by molar-refractivity contribution is 7.98. The summed E-state index contributed by atoms with van der Waals surface area (Å²) in [4.78, 5) is 19.4. The number of benzene rings is 1. The Labute approximate surface area is 115 Å². The number of aromatic nitrogens is 2. The summed E-state index contributed by atoms with van der Waals surface area (Å²) in [5, 5.41) is 0.650. The first-order valence-electron chi connectivity index (χ1n) is 5.67. The van der Waals surface area contributed by atoms with Gasteiger partial charge in [-0.25, -0.2) is 9.97 Å². The van der Waals surface area contributed by atoms with E-state index in [1.54, 1.807) is 18.2 Å². The lowest BCUT2D eigenvalue weighted by molar-refractivity contribution is 0.100. The average Bonchev–Trinajstić information content (AvgIpc) is 2.36. The second kappa shape index (κ2) is 5.71. The number of amides is 1. The van der Waals surface area contributed by atoms with Gasteiger partial charge in [-0.2, -0.15) is 0 Å². The van der Waals surface area contributed by atoms with E-state index in [0.29, 0.717) is 22.3 Å². The molecule has 19 heavy (non-hydrogen) atoms. The fraction of sp³-hybridized carbons (Fsp3) is 0.154. The van der Waals surface area contributed by atoms with E-state index < -0.39 is 5.91 Å². The SMILES string of the molecule is Cc1cc(N)nc(SCc2ccc(C(N)=O)cc2)n1. The van der Waals surface area contributed by atoms with Crippen molar-refractivity contribution in [1.82, 2.24) is 9.97 Å². The van der Waals surface area contributed by atoms with Crippen LogP contribution in [0.1, 0.15) is 21.6 Å². The molecule has 0 saturated carbocycles. The smallest absolute Gasteiger partial charge is 0.248 e. The summed E-state index contributed by atoms with van der Waals surface area (Å²) in [6.07, 6.45) is 0. The maximum atomic E-state index is 10.9. The molecule has 0 radical (unpaired) electrons. The first kappa shape index (κ1) is 13.4. The standard InChI is InChI=1S/C13H14N4OS/c1-8-6-11(14)17-13(16-8)19-7-9-2-4-10(5-3-9)12(15)18/h2-6H,7H2,1H3,(H2,15,18)(H2,14,16,17). The van der Waals surface area contributed by atoms with Crippen molar-refractivity contribution in [2.24, 2.45) is 5.73 Å². The molecule has 1 aromatic heterocycles. The molecule has 0 aliphatic carbocycles. The van der Waals surface area contributed by atoms with Gasteiger partial charge in [-0.3, -0.25) is 4.79 Å². The van der Waals surface area contributed by atoms with E-state index in [2.05, 4.69) is 9.97 Å². The summed E-state index contributed by atoms with van der Waals surface area (Å²) in [7, 11) is 0. The van der Waals surface area contributed by atoms with Gasteiger partial charge >= 0.3 is 0 Å². The highest BCUT2D eigenvalue weighted by Crippen LogP contribution is 2.20. The van der Waals surface area contributed by atoms with Crippen molar-refractivity contribution in [3.05, 3.63) is 47.2 Å². The van der Waals surface area contributed by atoms with Crippen molar-refractivity contribution in [3.63, 3.8) is 0 Å². The third-order valence-electron chi connectivity index (χ3n) is 2.46. The molecule has 2 aromatic rings. The van der Waals surface area contributed by atoms with Gasteiger partial charge in [-0.1, -0.05) is 23.9 Å². The minimum Gasteiger partial charge on any atom is -0.384 e. The molecular weight excluding hydrogens is 260 g/mol. The first-order chi connectivity index (χ1) is 9.04. The molecule has 0 bridgehead atoms. The van der Waals surface area contributed by atoms with Gasteiger partial charge < -0.3 is 11.5 Å². The number of nitrogens with two attached hydrogens (primary N) is 2. The number of anilines is 1. The van der Waals surface area contributed by atoms with Crippen LogP contribution in [0, 0.1) is 6.92 Å². The minimum atomic E-state index is -0.422. The van der Waals surface area contributed by atoms with Crippen molar-refractivity contribution >= 4 is 23.5 Å². The molecule has 4 N–H and O–H groups in total. The number of aryl methyl sites for hydroxylation is 1. The predicted molar refractivity (Wildman–Crippen MR) is 75.7 cm³/mol. The van der Waals surface area contributed by atoms with Crippen molar-refractivity contribution < 1.29 is 4.79 Å². The Hall–Kier alpha value is -2.08. The maximum absolute atomic E-state index is 10.9. The molecule has 0 unspecified atom stereocenters. The normalized spacial score (nSPS) is 10.4. The lowest BCUT2D eigenvalue weighted by Gasteiger charge is -2.03. The van der Waals surface area contributed by atoms with Crippen LogP contribution in [0.25, 0.3) is 0 Å². The number of carbonyl (C=O) groups excluding carboxylic acids is 1. The third kappa shape index (κ3) is 3.69. The molecule has 1 heterocycles. The summed E-state index contributed by atoms with van der Waals surface area (Å²) >= 11 is 1.50. The van der Waals surface area contributed by atoms with Crippen LogP contribution in [-0.2, 0) is 5.75 Å². The maximum Gasteiger partial charge on any atom is 0.248 e. The number of primary amides is 1. The number of hydrogen-bond acceptors (Lipinski definition) is 5. The van der Waals surface area contributed by atoms with Crippen molar-refractivity contribution in [1.29, 1.82) is 0 Å². The molecule has 0 aliphatic heterocycles. The van der Waals surface area contributed by atoms with Crippen molar-refractivity contribution in [2.45, 2.75) is 17.8 Å². The number of nitrogens with zero attached hydrogens (tertiary/aromatic N) is 2. The number of rotatable bonds is 4. The number of carbonyl (C=O) groups is 1. The van der Waals surface area contributed by atoms with Gasteiger partial charge in [0.2, 0.25) is 5.91 Å². The topological polar surface area (TPSA) is 94.9 Å². The molecule has 1 aromatic carbocycles. The molecule has 0 spiro atoms. The molecule has 5 nitrogen and oxygen atoms in total. The zero-order valence-corrected chi connectivity index (χ0v) is 11.3. The molecule has 2 rings (SSSR count). The number of thioether (sulfide) groups is 1. The summed E-state index contributed by atoms with van der Waals surface area (Å²) in [5.74, 6) is 0.759. The Balaban J connectivity index is 2.03. The zero-order valence-electron chi connectivity index (χ0n) is 10.5. The second-order valence-electron chi connectivity index (χ2n) is 4.07. The van der Waals surface area contributed by atoms with Gasteiger partial charge in [0.15, 0.2) is 5.16 Å². The minimum absolute atomic E-state index is 0.422. The van der Waals surface area contributed by atoms with Gasteiger partial charge in [0.05, 0.1) is 0 Å². The molecule has 6 heteroatoms. The largest absolute Gasteiger partial charge is 0.384 e. The van der Waals surface area contributed by atoms with Crippen LogP contribution in [0.4, 0.5) is 5.82 Å². The molecule has 0 saturated heterocycles. The summed E-state index contributed by atoms with van der Waals surface area (Å²) in [5.41, 5.74) is 13.3. The molecule has 0 atom stereocenters.